The zero-order valence-electron chi connectivity index (χ0n) is 17.9. The van der Waals surface area contributed by atoms with Crippen LogP contribution in [0.4, 0.5) is 5.69 Å². The highest BCUT2D eigenvalue weighted by Crippen LogP contribution is 2.30. The lowest BCUT2D eigenvalue weighted by molar-refractivity contribution is -0.117. The van der Waals surface area contributed by atoms with Gasteiger partial charge in [0.05, 0.1) is 0 Å². The number of hydrogen-bond donors (Lipinski definition) is 1. The summed E-state index contributed by atoms with van der Waals surface area (Å²) in [4.78, 5) is 27.0. The molecular formula is C25H33NO3S. The number of nitrogens with zero attached hydrogens (tertiary/aromatic N) is 1. The monoisotopic (exact) mass is 427 g/mol. The first-order valence-electron chi connectivity index (χ1n) is 11.3. The van der Waals surface area contributed by atoms with Crippen LogP contribution in [0, 0.1) is 0 Å². The van der Waals surface area contributed by atoms with Gasteiger partial charge in [-0.25, -0.2) is 4.79 Å². The van der Waals surface area contributed by atoms with E-state index in [1.807, 2.05) is 11.0 Å². The van der Waals surface area contributed by atoms with E-state index in [4.69, 9.17) is 5.11 Å². The third kappa shape index (κ3) is 6.18. The fraction of sp³-hybridized carbons (Fsp3) is 0.520. The number of benzene rings is 1. The number of hydrogen-bond acceptors (Lipinski definition) is 3. The number of carbonyl (C=O) groups excluding carboxylic acids is 1. The van der Waals surface area contributed by atoms with E-state index in [9.17, 15) is 9.59 Å². The first-order chi connectivity index (χ1) is 14.6. The van der Waals surface area contributed by atoms with Gasteiger partial charge < -0.3 is 10.0 Å². The molecule has 2 aromatic rings. The number of anilines is 1. The molecule has 0 saturated carbocycles. The molecule has 1 fully saturated rings. The van der Waals surface area contributed by atoms with Gasteiger partial charge in [-0.15, -0.1) is 11.3 Å². The molecule has 1 aliphatic heterocycles. The Bertz CT molecular complexity index is 827. The third-order valence-electron chi connectivity index (χ3n) is 5.94. The number of amides is 1. The van der Waals surface area contributed by atoms with E-state index in [1.165, 1.54) is 49.0 Å². The van der Waals surface area contributed by atoms with Crippen LogP contribution in [0.25, 0.3) is 0 Å². The number of carbonyl (C=O) groups is 2. The second-order valence-electron chi connectivity index (χ2n) is 8.25. The first kappa shape index (κ1) is 22.5. The average Bonchev–Trinajstić information content (AvgIpc) is 3.36. The fourth-order valence-corrected chi connectivity index (χ4v) is 5.15. The first-order valence-corrected chi connectivity index (χ1v) is 12.1. The molecule has 0 spiro atoms. The number of aryl methyl sites for hydroxylation is 2. The molecule has 1 atom stereocenters. The summed E-state index contributed by atoms with van der Waals surface area (Å²) in [5.74, 6) is -0.639. The normalized spacial score (nSPS) is 16.4. The van der Waals surface area contributed by atoms with Gasteiger partial charge in [-0.3, -0.25) is 4.79 Å². The molecule has 1 N–H and O–H groups in total. The Labute approximate surface area is 183 Å². The maximum absolute atomic E-state index is 12.5. The van der Waals surface area contributed by atoms with Crippen molar-refractivity contribution in [2.75, 3.05) is 4.90 Å². The molecule has 162 valence electrons. The molecule has 5 heteroatoms. The highest BCUT2D eigenvalue weighted by atomic mass is 32.1. The van der Waals surface area contributed by atoms with E-state index in [1.54, 1.807) is 6.07 Å². The van der Waals surface area contributed by atoms with Gasteiger partial charge in [-0.1, -0.05) is 44.7 Å². The summed E-state index contributed by atoms with van der Waals surface area (Å²) >= 11 is 1.35. The highest BCUT2D eigenvalue weighted by molar-refractivity contribution is 7.13. The highest BCUT2D eigenvalue weighted by Gasteiger charge is 2.31. The molecule has 1 amide bonds. The lowest BCUT2D eigenvalue weighted by Crippen LogP contribution is -2.32. The van der Waals surface area contributed by atoms with Gasteiger partial charge in [0.15, 0.2) is 0 Å². The van der Waals surface area contributed by atoms with Crippen LogP contribution in [0.5, 0.6) is 0 Å². The second kappa shape index (κ2) is 11.3. The summed E-state index contributed by atoms with van der Waals surface area (Å²) in [5.41, 5.74) is 2.37. The summed E-state index contributed by atoms with van der Waals surface area (Å²) in [6.45, 7) is 2.24. The Morgan fingerprint density at radius 2 is 1.80 bits per heavy atom. The molecule has 30 heavy (non-hydrogen) atoms. The predicted molar refractivity (Wildman–Crippen MR) is 124 cm³/mol. The van der Waals surface area contributed by atoms with Crippen LogP contribution in [0.15, 0.2) is 36.4 Å². The van der Waals surface area contributed by atoms with E-state index in [-0.39, 0.29) is 11.9 Å². The summed E-state index contributed by atoms with van der Waals surface area (Å²) in [5, 5.41) is 9.05. The number of unbranched alkanes of at least 4 members (excludes halogenated alkanes) is 4. The number of carboxylic acid groups (broad SMARTS) is 1. The molecule has 4 nitrogen and oxygen atoms in total. The largest absolute Gasteiger partial charge is 0.477 e. The number of thiophene rings is 1. The molecular weight excluding hydrogens is 394 g/mol. The third-order valence-corrected chi connectivity index (χ3v) is 7.07. The Morgan fingerprint density at radius 1 is 1.03 bits per heavy atom. The molecule has 1 aliphatic rings. The van der Waals surface area contributed by atoms with Gasteiger partial charge in [-0.2, -0.15) is 0 Å². The van der Waals surface area contributed by atoms with Crippen molar-refractivity contribution >= 4 is 28.9 Å². The summed E-state index contributed by atoms with van der Waals surface area (Å²) < 4.78 is 0. The van der Waals surface area contributed by atoms with Crippen LogP contribution in [0.2, 0.25) is 0 Å². The zero-order chi connectivity index (χ0) is 21.3. The van der Waals surface area contributed by atoms with Gasteiger partial charge in [0.25, 0.3) is 0 Å². The number of aromatic carboxylic acids is 1. The minimum Gasteiger partial charge on any atom is -0.477 e. The van der Waals surface area contributed by atoms with Crippen LogP contribution in [-0.2, 0) is 17.6 Å². The van der Waals surface area contributed by atoms with Crippen molar-refractivity contribution < 1.29 is 14.7 Å². The second-order valence-corrected chi connectivity index (χ2v) is 9.42. The van der Waals surface area contributed by atoms with E-state index in [0.717, 1.165) is 42.7 Å². The smallest absolute Gasteiger partial charge is 0.345 e. The molecule has 0 bridgehead atoms. The molecule has 1 aromatic heterocycles. The van der Waals surface area contributed by atoms with Gasteiger partial charge in [-0.05, 0) is 68.4 Å². The lowest BCUT2D eigenvalue weighted by atomic mass is 10.0. The molecule has 1 saturated heterocycles. The maximum Gasteiger partial charge on any atom is 0.345 e. The van der Waals surface area contributed by atoms with E-state index in [0.29, 0.717) is 11.3 Å². The summed E-state index contributed by atoms with van der Waals surface area (Å²) in [6, 6.07) is 12.4. The SMILES string of the molecule is CCCCCCCc1ccc(N2C(=O)CC[C@H]2CCCc2ccc(C(=O)O)s2)cc1. The van der Waals surface area contributed by atoms with Crippen LogP contribution >= 0.6 is 11.3 Å². The quantitative estimate of drug-likeness (QED) is 0.395. The Balaban J connectivity index is 1.50. The molecule has 1 aromatic carbocycles. The molecule has 0 unspecified atom stereocenters. The van der Waals surface area contributed by atoms with E-state index >= 15 is 0 Å². The van der Waals surface area contributed by atoms with Crippen molar-refractivity contribution in [2.45, 2.75) is 83.6 Å². The van der Waals surface area contributed by atoms with Crippen molar-refractivity contribution in [1.29, 1.82) is 0 Å². The molecule has 0 radical (unpaired) electrons. The predicted octanol–water partition coefficient (Wildman–Crippen LogP) is 6.48. The fourth-order valence-electron chi connectivity index (χ4n) is 4.27. The molecule has 2 heterocycles. The van der Waals surface area contributed by atoms with Gasteiger partial charge in [0, 0.05) is 23.0 Å². The minimum absolute atomic E-state index is 0.219. The zero-order valence-corrected chi connectivity index (χ0v) is 18.8. The standard InChI is InChI=1S/C25H33NO3S/c1-2-3-4-5-6-8-19-11-13-21(14-12-19)26-20(15-18-24(26)27)9-7-10-22-16-17-23(30-22)25(28)29/h11-14,16-17,20H,2-10,15,18H2,1H3,(H,28,29)/t20-/m1/s1. The van der Waals surface area contributed by atoms with Crippen LogP contribution < -0.4 is 4.90 Å². The van der Waals surface area contributed by atoms with Gasteiger partial charge >= 0.3 is 5.97 Å². The van der Waals surface area contributed by atoms with Crippen LogP contribution in [-0.4, -0.2) is 23.0 Å². The average molecular weight is 428 g/mol. The van der Waals surface area contributed by atoms with Crippen molar-refractivity contribution in [3.05, 3.63) is 51.7 Å². The van der Waals surface area contributed by atoms with Crippen molar-refractivity contribution in [3.63, 3.8) is 0 Å². The Hall–Kier alpha value is -2.14. The van der Waals surface area contributed by atoms with Crippen molar-refractivity contribution in [1.82, 2.24) is 0 Å². The lowest BCUT2D eigenvalue weighted by Gasteiger charge is -2.25. The van der Waals surface area contributed by atoms with Crippen molar-refractivity contribution in [3.8, 4) is 0 Å². The van der Waals surface area contributed by atoms with Gasteiger partial charge in [0.2, 0.25) is 5.91 Å². The Morgan fingerprint density at radius 3 is 2.50 bits per heavy atom. The number of rotatable bonds is 12. The van der Waals surface area contributed by atoms with Crippen LogP contribution in [0.1, 0.15) is 84.8 Å². The van der Waals surface area contributed by atoms with Crippen LogP contribution in [0.3, 0.4) is 0 Å². The molecule has 3 rings (SSSR count). The van der Waals surface area contributed by atoms with E-state index in [2.05, 4.69) is 31.2 Å². The van der Waals surface area contributed by atoms with Gasteiger partial charge in [0.1, 0.15) is 4.88 Å². The topological polar surface area (TPSA) is 57.6 Å². The minimum atomic E-state index is -0.858. The van der Waals surface area contributed by atoms with E-state index < -0.39 is 5.97 Å². The van der Waals surface area contributed by atoms with Crippen molar-refractivity contribution in [2.24, 2.45) is 0 Å². The summed E-state index contributed by atoms with van der Waals surface area (Å²) in [6.07, 6.45) is 11.9. The summed E-state index contributed by atoms with van der Waals surface area (Å²) in [7, 11) is 0. The Kier molecular flexibility index (Phi) is 8.50. The number of carboxylic acids is 1. The maximum atomic E-state index is 12.5. The molecule has 0 aliphatic carbocycles.